The third kappa shape index (κ3) is 4.12. The second-order valence-electron chi connectivity index (χ2n) is 5.08. The molecule has 2 rings (SSSR count). The van der Waals surface area contributed by atoms with Crippen molar-refractivity contribution in [2.45, 2.75) is 26.4 Å². The fourth-order valence-corrected chi connectivity index (χ4v) is 2.60. The average Bonchev–Trinajstić information content (AvgIpc) is 2.93. The van der Waals surface area contributed by atoms with Crippen molar-refractivity contribution in [1.82, 2.24) is 25.0 Å². The van der Waals surface area contributed by atoms with Crippen molar-refractivity contribution >= 4 is 0 Å². The molecule has 21 heavy (non-hydrogen) atoms. The van der Waals surface area contributed by atoms with Gasteiger partial charge in [-0.3, -0.25) is 9.58 Å². The quantitative estimate of drug-likeness (QED) is 0.806. The van der Waals surface area contributed by atoms with Crippen molar-refractivity contribution < 1.29 is 0 Å². The first-order chi connectivity index (χ1) is 10.3. The summed E-state index contributed by atoms with van der Waals surface area (Å²) in [6.07, 6.45) is 1.59. The third-order valence-electron chi connectivity index (χ3n) is 3.86. The largest absolute Gasteiger partial charge is 0.308 e. The van der Waals surface area contributed by atoms with Gasteiger partial charge >= 0.3 is 0 Å². The average molecular weight is 287 g/mol. The number of nitrogens with one attached hydrogen (secondary N) is 1. The molecule has 1 N–H and O–H groups in total. The summed E-state index contributed by atoms with van der Waals surface area (Å²) in [5.74, 6) is 0.960. The predicted octanol–water partition coefficient (Wildman–Crippen LogP) is 1.99. The zero-order chi connectivity index (χ0) is 15.1. The summed E-state index contributed by atoms with van der Waals surface area (Å²) < 4.78 is 1.81. The summed E-state index contributed by atoms with van der Waals surface area (Å²) in [6.45, 7) is 8.15. The highest BCUT2D eigenvalue weighted by atomic mass is 15.3. The van der Waals surface area contributed by atoms with E-state index in [2.05, 4.69) is 64.5 Å². The van der Waals surface area contributed by atoms with Gasteiger partial charge in [-0.1, -0.05) is 44.2 Å². The van der Waals surface area contributed by atoms with Crippen LogP contribution in [0, 0.1) is 0 Å². The van der Waals surface area contributed by atoms with Crippen LogP contribution in [-0.2, 0) is 13.6 Å². The number of aromatic nitrogens is 3. The molecule has 0 aliphatic rings. The maximum atomic E-state index is 4.25. The summed E-state index contributed by atoms with van der Waals surface area (Å²) in [6, 6.07) is 11.1. The van der Waals surface area contributed by atoms with Gasteiger partial charge in [0.1, 0.15) is 12.2 Å². The van der Waals surface area contributed by atoms with Crippen LogP contribution < -0.4 is 5.32 Å². The third-order valence-corrected chi connectivity index (χ3v) is 3.86. The fourth-order valence-electron chi connectivity index (χ4n) is 2.60. The van der Waals surface area contributed by atoms with Crippen LogP contribution >= 0.6 is 0 Å². The lowest BCUT2D eigenvalue weighted by Crippen LogP contribution is -2.36. The summed E-state index contributed by atoms with van der Waals surface area (Å²) in [5.41, 5.74) is 1.35. The molecule has 1 unspecified atom stereocenters. The van der Waals surface area contributed by atoms with E-state index in [1.807, 2.05) is 11.7 Å². The molecular weight excluding hydrogens is 262 g/mol. The Morgan fingerprint density at radius 3 is 2.48 bits per heavy atom. The molecule has 114 valence electrons. The van der Waals surface area contributed by atoms with Crippen LogP contribution in [0.5, 0.6) is 0 Å². The van der Waals surface area contributed by atoms with E-state index in [-0.39, 0.29) is 0 Å². The van der Waals surface area contributed by atoms with E-state index in [0.29, 0.717) is 6.04 Å². The molecule has 2 aromatic rings. The monoisotopic (exact) mass is 287 g/mol. The Bertz CT molecular complexity index is 518. The van der Waals surface area contributed by atoms with Gasteiger partial charge in [-0.05, 0) is 18.7 Å². The summed E-state index contributed by atoms with van der Waals surface area (Å²) in [4.78, 5) is 6.72. The van der Waals surface area contributed by atoms with E-state index >= 15 is 0 Å². The van der Waals surface area contributed by atoms with Crippen LogP contribution in [0.15, 0.2) is 36.7 Å². The normalized spacial score (nSPS) is 12.8. The molecule has 1 aromatic carbocycles. The molecule has 1 atom stereocenters. The first-order valence-corrected chi connectivity index (χ1v) is 7.58. The minimum atomic E-state index is 0.384. The first kappa shape index (κ1) is 15.7. The van der Waals surface area contributed by atoms with Crippen LogP contribution in [-0.4, -0.2) is 39.3 Å². The van der Waals surface area contributed by atoms with Crippen molar-refractivity contribution in [1.29, 1.82) is 0 Å². The SMILES string of the molecule is CCN(CC)C(CNCc1ncnn1C)c1ccccc1. The van der Waals surface area contributed by atoms with Gasteiger partial charge in [-0.15, -0.1) is 0 Å². The summed E-state index contributed by atoms with van der Waals surface area (Å²) in [7, 11) is 1.92. The Balaban J connectivity index is 2.01. The highest BCUT2D eigenvalue weighted by Crippen LogP contribution is 2.19. The second-order valence-corrected chi connectivity index (χ2v) is 5.08. The van der Waals surface area contributed by atoms with Gasteiger partial charge in [0, 0.05) is 19.6 Å². The van der Waals surface area contributed by atoms with Crippen molar-refractivity contribution in [3.05, 3.63) is 48.0 Å². The number of hydrogen-bond acceptors (Lipinski definition) is 4. The second kappa shape index (κ2) is 7.90. The van der Waals surface area contributed by atoms with Crippen LogP contribution in [0.1, 0.15) is 31.3 Å². The van der Waals surface area contributed by atoms with Gasteiger partial charge in [-0.2, -0.15) is 5.10 Å². The van der Waals surface area contributed by atoms with Crippen LogP contribution in [0.2, 0.25) is 0 Å². The molecule has 1 heterocycles. The van der Waals surface area contributed by atoms with Crippen LogP contribution in [0.4, 0.5) is 0 Å². The molecule has 0 amide bonds. The Hall–Kier alpha value is -1.72. The van der Waals surface area contributed by atoms with E-state index in [0.717, 1.165) is 32.0 Å². The molecule has 0 saturated carbocycles. The molecule has 0 fully saturated rings. The number of nitrogens with zero attached hydrogens (tertiary/aromatic N) is 4. The van der Waals surface area contributed by atoms with Gasteiger partial charge in [0.15, 0.2) is 0 Å². The topological polar surface area (TPSA) is 46.0 Å². The Morgan fingerprint density at radius 1 is 1.19 bits per heavy atom. The number of likely N-dealkylation sites (N-methyl/N-ethyl adjacent to an activating group) is 1. The molecule has 0 aliphatic heterocycles. The molecule has 0 saturated heterocycles. The lowest BCUT2D eigenvalue weighted by molar-refractivity contribution is 0.212. The van der Waals surface area contributed by atoms with E-state index < -0.39 is 0 Å². The molecule has 1 aromatic heterocycles. The molecule has 0 aliphatic carbocycles. The van der Waals surface area contributed by atoms with Crippen LogP contribution in [0.25, 0.3) is 0 Å². The lowest BCUT2D eigenvalue weighted by Gasteiger charge is -2.30. The number of hydrogen-bond donors (Lipinski definition) is 1. The van der Waals surface area contributed by atoms with Gasteiger partial charge in [-0.25, -0.2) is 4.98 Å². The van der Waals surface area contributed by atoms with Crippen molar-refractivity contribution in [2.75, 3.05) is 19.6 Å². The standard InChI is InChI=1S/C16H25N5/c1-4-21(5-2)15(14-9-7-6-8-10-14)11-17-12-16-18-13-19-20(16)3/h6-10,13,15,17H,4-5,11-12H2,1-3H3. The van der Waals surface area contributed by atoms with Gasteiger partial charge in [0.05, 0.1) is 6.54 Å². The molecule has 0 spiro atoms. The van der Waals surface area contributed by atoms with Gasteiger partial charge < -0.3 is 5.32 Å². The van der Waals surface area contributed by atoms with Crippen molar-refractivity contribution in [3.63, 3.8) is 0 Å². The maximum absolute atomic E-state index is 4.25. The van der Waals surface area contributed by atoms with Crippen molar-refractivity contribution in [2.24, 2.45) is 7.05 Å². The molecular formula is C16H25N5. The van der Waals surface area contributed by atoms with Gasteiger partial charge in [0.2, 0.25) is 0 Å². The highest BCUT2D eigenvalue weighted by molar-refractivity contribution is 5.19. The number of rotatable bonds is 8. The molecule has 5 heteroatoms. The maximum Gasteiger partial charge on any atom is 0.140 e. The Labute approximate surface area is 127 Å². The minimum Gasteiger partial charge on any atom is -0.308 e. The smallest absolute Gasteiger partial charge is 0.140 e. The zero-order valence-electron chi connectivity index (χ0n) is 13.2. The molecule has 0 bridgehead atoms. The summed E-state index contributed by atoms with van der Waals surface area (Å²) in [5, 5.41) is 7.61. The van der Waals surface area contributed by atoms with E-state index in [1.54, 1.807) is 6.33 Å². The minimum absolute atomic E-state index is 0.384. The molecule has 0 radical (unpaired) electrons. The van der Waals surface area contributed by atoms with Crippen LogP contribution in [0.3, 0.4) is 0 Å². The van der Waals surface area contributed by atoms with Gasteiger partial charge in [0.25, 0.3) is 0 Å². The predicted molar refractivity (Wildman–Crippen MR) is 84.8 cm³/mol. The summed E-state index contributed by atoms with van der Waals surface area (Å²) >= 11 is 0. The fraction of sp³-hybridized carbons (Fsp3) is 0.500. The number of aryl methyl sites for hydroxylation is 1. The number of benzene rings is 1. The van der Waals surface area contributed by atoms with Crippen molar-refractivity contribution in [3.8, 4) is 0 Å². The molecule has 5 nitrogen and oxygen atoms in total. The first-order valence-electron chi connectivity index (χ1n) is 7.58. The van der Waals surface area contributed by atoms with E-state index in [4.69, 9.17) is 0 Å². The van der Waals surface area contributed by atoms with E-state index in [9.17, 15) is 0 Å². The Morgan fingerprint density at radius 2 is 1.90 bits per heavy atom. The zero-order valence-corrected chi connectivity index (χ0v) is 13.2. The highest BCUT2D eigenvalue weighted by Gasteiger charge is 2.17. The lowest BCUT2D eigenvalue weighted by atomic mass is 10.1. The Kier molecular flexibility index (Phi) is 5.90. The van der Waals surface area contributed by atoms with E-state index in [1.165, 1.54) is 5.56 Å².